The van der Waals surface area contributed by atoms with Gasteiger partial charge in [-0.1, -0.05) is 29.3 Å². The lowest BCUT2D eigenvalue weighted by molar-refractivity contribution is -0.384. The van der Waals surface area contributed by atoms with E-state index in [0.717, 1.165) is 0 Å². The second-order valence-corrected chi connectivity index (χ2v) is 5.92. The van der Waals surface area contributed by atoms with E-state index in [1.54, 1.807) is 18.2 Å². The van der Waals surface area contributed by atoms with Crippen LogP contribution in [0.5, 0.6) is 5.75 Å². The molecule has 6 nitrogen and oxygen atoms in total. The molecule has 2 rings (SSSR count). The van der Waals surface area contributed by atoms with Crippen LogP contribution >= 0.6 is 23.2 Å². The van der Waals surface area contributed by atoms with Gasteiger partial charge in [-0.2, -0.15) is 0 Å². The van der Waals surface area contributed by atoms with E-state index in [2.05, 4.69) is 0 Å². The standard InChI is InChI=1S/C17H13Cl2NO5/c1-10(17(21)22)7-11-8-12(20(23)24)5-6-16(11)25-9-13-14(18)3-2-4-15(13)19/h2-8H,9H2,1H3,(H,21,22)/b10-7+. The van der Waals surface area contributed by atoms with E-state index in [4.69, 9.17) is 33.0 Å². The summed E-state index contributed by atoms with van der Waals surface area (Å²) in [6.45, 7) is 1.42. The first kappa shape index (κ1) is 18.8. The Kier molecular flexibility index (Phi) is 6.01. The van der Waals surface area contributed by atoms with Crippen LogP contribution in [0.4, 0.5) is 5.69 Å². The Hall–Kier alpha value is -2.57. The molecule has 1 N–H and O–H groups in total. The highest BCUT2D eigenvalue weighted by Crippen LogP contribution is 2.30. The van der Waals surface area contributed by atoms with E-state index < -0.39 is 10.9 Å². The van der Waals surface area contributed by atoms with Gasteiger partial charge < -0.3 is 9.84 Å². The normalized spacial score (nSPS) is 11.2. The molecular formula is C17H13Cl2NO5. The van der Waals surface area contributed by atoms with Crippen LogP contribution in [0.3, 0.4) is 0 Å². The third kappa shape index (κ3) is 4.71. The Balaban J connectivity index is 2.38. The Labute approximate surface area is 153 Å². The molecule has 2 aromatic rings. The van der Waals surface area contributed by atoms with Crippen molar-refractivity contribution in [2.75, 3.05) is 0 Å². The van der Waals surface area contributed by atoms with E-state index in [1.807, 2.05) is 0 Å². The third-order valence-electron chi connectivity index (χ3n) is 3.35. The van der Waals surface area contributed by atoms with Crippen molar-refractivity contribution in [2.45, 2.75) is 13.5 Å². The molecule has 0 aliphatic rings. The van der Waals surface area contributed by atoms with Crippen LogP contribution in [-0.4, -0.2) is 16.0 Å². The largest absolute Gasteiger partial charge is 0.488 e. The van der Waals surface area contributed by atoms with Crippen LogP contribution < -0.4 is 4.74 Å². The minimum Gasteiger partial charge on any atom is -0.488 e. The molecule has 0 radical (unpaired) electrons. The summed E-state index contributed by atoms with van der Waals surface area (Å²) in [6, 6.07) is 8.95. The Bertz CT molecular complexity index is 844. The number of carbonyl (C=O) groups is 1. The number of nitro groups is 1. The number of halogens is 2. The molecule has 8 heteroatoms. The lowest BCUT2D eigenvalue weighted by atomic mass is 10.1. The van der Waals surface area contributed by atoms with Crippen LogP contribution in [0.1, 0.15) is 18.1 Å². The van der Waals surface area contributed by atoms with Crippen molar-refractivity contribution in [3.05, 3.63) is 73.3 Å². The van der Waals surface area contributed by atoms with Gasteiger partial charge in [-0.05, 0) is 31.2 Å². The zero-order valence-corrected chi connectivity index (χ0v) is 14.5. The molecule has 0 unspecified atom stereocenters. The van der Waals surface area contributed by atoms with Crippen LogP contribution in [-0.2, 0) is 11.4 Å². The van der Waals surface area contributed by atoms with Crippen molar-refractivity contribution in [1.29, 1.82) is 0 Å². The maximum Gasteiger partial charge on any atom is 0.331 e. The van der Waals surface area contributed by atoms with Crippen molar-refractivity contribution < 1.29 is 19.6 Å². The number of benzene rings is 2. The summed E-state index contributed by atoms with van der Waals surface area (Å²) in [5.74, 6) is -0.853. The van der Waals surface area contributed by atoms with Crippen molar-refractivity contribution in [2.24, 2.45) is 0 Å². The van der Waals surface area contributed by atoms with Crippen LogP contribution in [0, 0.1) is 10.1 Å². The number of hydrogen-bond donors (Lipinski definition) is 1. The van der Waals surface area contributed by atoms with Crippen molar-refractivity contribution in [3.8, 4) is 5.75 Å². The average Bonchev–Trinajstić information content (AvgIpc) is 2.55. The molecule has 0 saturated heterocycles. The monoisotopic (exact) mass is 381 g/mol. The topological polar surface area (TPSA) is 89.7 Å². The second-order valence-electron chi connectivity index (χ2n) is 5.10. The van der Waals surface area contributed by atoms with Gasteiger partial charge in [0.2, 0.25) is 0 Å². The van der Waals surface area contributed by atoms with Gasteiger partial charge in [-0.15, -0.1) is 0 Å². The first-order chi connectivity index (χ1) is 11.8. The molecule has 0 amide bonds. The molecule has 0 aromatic heterocycles. The summed E-state index contributed by atoms with van der Waals surface area (Å²) in [5.41, 5.74) is 0.681. The molecule has 0 fully saturated rings. The van der Waals surface area contributed by atoms with E-state index in [9.17, 15) is 14.9 Å². The van der Waals surface area contributed by atoms with Gasteiger partial charge in [-0.25, -0.2) is 4.79 Å². The molecule has 0 atom stereocenters. The number of nitrogens with zero attached hydrogens (tertiary/aromatic N) is 1. The average molecular weight is 382 g/mol. The van der Waals surface area contributed by atoms with E-state index >= 15 is 0 Å². The second kappa shape index (κ2) is 8.00. The SMILES string of the molecule is C/C(=C\c1cc([N+](=O)[O-])ccc1OCc1c(Cl)cccc1Cl)C(=O)O. The fourth-order valence-corrected chi connectivity index (χ4v) is 2.52. The number of ether oxygens (including phenoxy) is 1. The Morgan fingerprint density at radius 2 is 1.92 bits per heavy atom. The maximum atomic E-state index is 11.0. The first-order valence-corrected chi connectivity index (χ1v) is 7.81. The Morgan fingerprint density at radius 1 is 1.28 bits per heavy atom. The van der Waals surface area contributed by atoms with Crippen LogP contribution in [0.25, 0.3) is 6.08 Å². The molecule has 0 bridgehead atoms. The summed E-state index contributed by atoms with van der Waals surface area (Å²) in [6.07, 6.45) is 1.30. The van der Waals surface area contributed by atoms with Gasteiger partial charge in [0.15, 0.2) is 0 Å². The van der Waals surface area contributed by atoms with Crippen molar-refractivity contribution in [1.82, 2.24) is 0 Å². The molecule has 2 aromatic carbocycles. The quantitative estimate of drug-likeness (QED) is 0.433. The maximum absolute atomic E-state index is 11.0. The smallest absolute Gasteiger partial charge is 0.331 e. The minimum absolute atomic E-state index is 0.0149. The molecule has 25 heavy (non-hydrogen) atoms. The summed E-state index contributed by atoms with van der Waals surface area (Å²) >= 11 is 12.2. The van der Waals surface area contributed by atoms with Crippen molar-refractivity contribution >= 4 is 40.9 Å². The molecule has 0 aliphatic carbocycles. The molecule has 0 aliphatic heterocycles. The highest BCUT2D eigenvalue weighted by atomic mass is 35.5. The summed E-state index contributed by atoms with van der Waals surface area (Å²) in [5, 5.41) is 20.8. The summed E-state index contributed by atoms with van der Waals surface area (Å²) < 4.78 is 5.67. The number of rotatable bonds is 6. The molecule has 0 spiro atoms. The summed E-state index contributed by atoms with van der Waals surface area (Å²) in [7, 11) is 0. The van der Waals surface area contributed by atoms with Gasteiger partial charge in [0, 0.05) is 38.9 Å². The van der Waals surface area contributed by atoms with Gasteiger partial charge >= 0.3 is 5.97 Å². The minimum atomic E-state index is -1.13. The number of hydrogen-bond acceptors (Lipinski definition) is 4. The van der Waals surface area contributed by atoms with Crippen LogP contribution in [0.2, 0.25) is 10.0 Å². The van der Waals surface area contributed by atoms with E-state index in [1.165, 1.54) is 31.2 Å². The first-order valence-electron chi connectivity index (χ1n) is 7.05. The zero-order chi connectivity index (χ0) is 18.6. The number of non-ortho nitro benzene ring substituents is 1. The molecule has 130 valence electrons. The van der Waals surface area contributed by atoms with Gasteiger partial charge in [0.05, 0.1) is 4.92 Å². The Morgan fingerprint density at radius 3 is 2.48 bits per heavy atom. The van der Waals surface area contributed by atoms with E-state index in [0.29, 0.717) is 15.6 Å². The van der Waals surface area contributed by atoms with Gasteiger partial charge in [-0.3, -0.25) is 10.1 Å². The zero-order valence-electron chi connectivity index (χ0n) is 13.0. The molecular weight excluding hydrogens is 369 g/mol. The lowest BCUT2D eigenvalue weighted by Crippen LogP contribution is -2.01. The number of nitro benzene ring substituents is 1. The van der Waals surface area contributed by atoms with Gasteiger partial charge in [0.25, 0.3) is 5.69 Å². The number of carboxylic acid groups (broad SMARTS) is 1. The molecule has 0 heterocycles. The number of aliphatic carboxylic acids is 1. The predicted octanol–water partition coefficient (Wildman–Crippen LogP) is 4.97. The third-order valence-corrected chi connectivity index (χ3v) is 4.06. The summed E-state index contributed by atoms with van der Waals surface area (Å²) in [4.78, 5) is 21.4. The number of carboxylic acids is 1. The van der Waals surface area contributed by atoms with Crippen LogP contribution in [0.15, 0.2) is 42.0 Å². The van der Waals surface area contributed by atoms with E-state index in [-0.39, 0.29) is 29.2 Å². The fourth-order valence-electron chi connectivity index (χ4n) is 2.01. The highest BCUT2D eigenvalue weighted by Gasteiger charge is 2.13. The van der Waals surface area contributed by atoms with Gasteiger partial charge in [0.1, 0.15) is 12.4 Å². The lowest BCUT2D eigenvalue weighted by Gasteiger charge is -2.12. The predicted molar refractivity (Wildman–Crippen MR) is 95.2 cm³/mol. The highest BCUT2D eigenvalue weighted by molar-refractivity contribution is 6.35. The molecule has 0 saturated carbocycles. The van der Waals surface area contributed by atoms with Crippen molar-refractivity contribution in [3.63, 3.8) is 0 Å². The fraction of sp³-hybridized carbons (Fsp3) is 0.118.